The summed E-state index contributed by atoms with van der Waals surface area (Å²) in [6, 6.07) is 48.1. The molecule has 0 amide bonds. The first-order valence-corrected chi connectivity index (χ1v) is 16.9. The lowest BCUT2D eigenvalue weighted by Gasteiger charge is -2.28. The summed E-state index contributed by atoms with van der Waals surface area (Å²) < 4.78 is 0. The second kappa shape index (κ2) is 11.8. The zero-order valence-electron chi connectivity index (χ0n) is 26.8. The van der Waals surface area contributed by atoms with E-state index in [4.69, 9.17) is 4.98 Å². The Hall–Kier alpha value is -5.26. The number of pyridine rings is 1. The Bertz CT molecular complexity index is 2110. The number of anilines is 5. The normalized spacial score (nSPS) is 13.6. The van der Waals surface area contributed by atoms with E-state index in [0.29, 0.717) is 0 Å². The molecule has 5 heteroatoms. The quantitative estimate of drug-likeness (QED) is 0.189. The molecule has 3 heterocycles. The van der Waals surface area contributed by atoms with Gasteiger partial charge in [-0.1, -0.05) is 105 Å². The molecule has 0 bridgehead atoms. The Morgan fingerprint density at radius 2 is 1.19 bits per heavy atom. The number of para-hydroxylation sites is 2. The number of rotatable bonds is 5. The molecule has 230 valence electrons. The predicted octanol–water partition coefficient (Wildman–Crippen LogP) is 11.4. The van der Waals surface area contributed by atoms with Gasteiger partial charge >= 0.3 is 0 Å². The van der Waals surface area contributed by atoms with Gasteiger partial charge in [-0.05, 0) is 82.8 Å². The van der Waals surface area contributed by atoms with Crippen LogP contribution in [-0.4, -0.2) is 11.7 Å². The van der Waals surface area contributed by atoms with Crippen LogP contribution in [0.3, 0.4) is 0 Å². The van der Waals surface area contributed by atoms with Gasteiger partial charge < -0.3 is 9.80 Å². The summed E-state index contributed by atoms with van der Waals surface area (Å²) in [6.45, 7) is 7.55. The minimum Gasteiger partial charge on any atom is -0.328 e. The molecule has 0 N–H and O–H groups in total. The summed E-state index contributed by atoms with van der Waals surface area (Å²) in [5, 5.41) is 0. The third-order valence-corrected chi connectivity index (χ3v) is 9.89. The van der Waals surface area contributed by atoms with E-state index >= 15 is 0 Å². The molecule has 0 spiro atoms. The number of benzene rings is 5. The fourth-order valence-electron chi connectivity index (χ4n) is 6.46. The van der Waals surface area contributed by atoms with Crippen molar-refractivity contribution in [2.24, 2.45) is 0 Å². The first-order valence-electron chi connectivity index (χ1n) is 16.1. The molecule has 0 saturated heterocycles. The summed E-state index contributed by atoms with van der Waals surface area (Å²) in [5.74, 6) is 0.923. The van der Waals surface area contributed by atoms with Gasteiger partial charge in [-0.25, -0.2) is 4.98 Å². The Kier molecular flexibility index (Phi) is 7.34. The van der Waals surface area contributed by atoms with Crippen LogP contribution < -0.4 is 14.7 Å². The molecular formula is C42H36N4S. The molecule has 6 aromatic rings. The van der Waals surface area contributed by atoms with Crippen LogP contribution in [0.15, 0.2) is 162 Å². The molecule has 0 aliphatic carbocycles. The van der Waals surface area contributed by atoms with Gasteiger partial charge in [-0.2, -0.15) is 0 Å². The molecule has 2 aliphatic rings. The second-order valence-electron chi connectivity index (χ2n) is 13.0. The molecule has 0 unspecified atom stereocenters. The largest absolute Gasteiger partial charge is 0.328 e. The van der Waals surface area contributed by atoms with Gasteiger partial charge in [0.1, 0.15) is 5.82 Å². The average molecular weight is 629 g/mol. The van der Waals surface area contributed by atoms with Crippen molar-refractivity contribution >= 4 is 40.3 Å². The zero-order valence-corrected chi connectivity index (χ0v) is 27.7. The molecule has 1 aromatic heterocycles. The Balaban J connectivity index is 1.19. The van der Waals surface area contributed by atoms with Crippen LogP contribution in [0.5, 0.6) is 0 Å². The first kappa shape index (κ1) is 29.2. The maximum Gasteiger partial charge on any atom is 0.137 e. The molecule has 8 rings (SSSR count). The highest BCUT2D eigenvalue weighted by molar-refractivity contribution is 7.99. The number of aromatic nitrogens is 1. The van der Waals surface area contributed by atoms with E-state index in [-0.39, 0.29) is 5.41 Å². The molecule has 0 radical (unpaired) electrons. The molecule has 0 atom stereocenters. The van der Waals surface area contributed by atoms with Gasteiger partial charge in [-0.3, -0.25) is 4.90 Å². The van der Waals surface area contributed by atoms with Gasteiger partial charge in [0.15, 0.2) is 0 Å². The third kappa shape index (κ3) is 5.57. The lowest BCUT2D eigenvalue weighted by molar-refractivity contribution is 0.589. The first-order chi connectivity index (χ1) is 22.9. The lowest BCUT2D eigenvalue weighted by atomic mass is 9.87. The highest BCUT2D eigenvalue weighted by Crippen LogP contribution is 2.51. The van der Waals surface area contributed by atoms with E-state index in [0.717, 1.165) is 23.9 Å². The van der Waals surface area contributed by atoms with Gasteiger partial charge in [0.2, 0.25) is 0 Å². The fourth-order valence-corrected chi connectivity index (χ4v) is 7.36. The number of nitrogens with zero attached hydrogens (tertiary/aromatic N) is 4. The van der Waals surface area contributed by atoms with Crippen molar-refractivity contribution in [3.8, 4) is 22.3 Å². The zero-order chi connectivity index (χ0) is 32.0. The van der Waals surface area contributed by atoms with Gasteiger partial charge in [0, 0.05) is 50.9 Å². The Morgan fingerprint density at radius 1 is 0.553 bits per heavy atom. The van der Waals surface area contributed by atoms with Gasteiger partial charge in [0.25, 0.3) is 0 Å². The van der Waals surface area contributed by atoms with E-state index in [1.54, 1.807) is 11.8 Å². The van der Waals surface area contributed by atoms with E-state index in [1.165, 1.54) is 49.0 Å². The van der Waals surface area contributed by atoms with Crippen LogP contribution >= 0.6 is 11.8 Å². The number of hydrogen-bond donors (Lipinski definition) is 0. The second-order valence-corrected chi connectivity index (χ2v) is 14.2. The minimum absolute atomic E-state index is 0.000222. The molecule has 47 heavy (non-hydrogen) atoms. The maximum absolute atomic E-state index is 4.98. The van der Waals surface area contributed by atoms with Crippen molar-refractivity contribution in [2.45, 2.75) is 36.0 Å². The molecule has 5 aromatic carbocycles. The summed E-state index contributed by atoms with van der Waals surface area (Å²) in [7, 11) is 0. The fraction of sp³-hybridized carbons (Fsp3) is 0.119. The summed E-state index contributed by atoms with van der Waals surface area (Å²) >= 11 is 1.79. The van der Waals surface area contributed by atoms with Crippen molar-refractivity contribution in [1.29, 1.82) is 0 Å². The molecule has 2 aliphatic heterocycles. The Morgan fingerprint density at radius 3 is 1.96 bits per heavy atom. The third-order valence-electron chi connectivity index (χ3n) is 8.91. The van der Waals surface area contributed by atoms with Gasteiger partial charge in [0.05, 0.1) is 18.0 Å². The monoisotopic (exact) mass is 628 g/mol. The van der Waals surface area contributed by atoms with Crippen LogP contribution in [-0.2, 0) is 5.41 Å². The van der Waals surface area contributed by atoms with E-state index < -0.39 is 0 Å². The van der Waals surface area contributed by atoms with Crippen LogP contribution in [0.4, 0.5) is 28.6 Å². The molecule has 4 nitrogen and oxygen atoms in total. The standard InChI is InChI=1S/C42H36N4S/c1-42(2,3)30-22-23-43-41(26-30)46-39-19-10-9-18-37(39)35-16-7-8-17-36(35)38-21-20-34(28-40(38)46)47-33-15-11-14-32(27-33)45-25-24-44(29-45)31-12-5-4-6-13-31/h4-28H,29H2,1-3H3. The van der Waals surface area contributed by atoms with Gasteiger partial charge in [-0.15, -0.1) is 0 Å². The van der Waals surface area contributed by atoms with Crippen molar-refractivity contribution in [3.63, 3.8) is 0 Å². The van der Waals surface area contributed by atoms with E-state index in [9.17, 15) is 0 Å². The summed E-state index contributed by atoms with van der Waals surface area (Å²) in [5.41, 5.74) is 10.7. The number of hydrogen-bond acceptors (Lipinski definition) is 5. The van der Waals surface area contributed by atoms with Crippen LogP contribution in [0.2, 0.25) is 0 Å². The highest BCUT2D eigenvalue weighted by atomic mass is 32.2. The topological polar surface area (TPSA) is 22.6 Å². The van der Waals surface area contributed by atoms with Crippen molar-refractivity contribution < 1.29 is 0 Å². The maximum atomic E-state index is 4.98. The average Bonchev–Trinajstić information content (AvgIpc) is 3.56. The van der Waals surface area contributed by atoms with E-state index in [2.05, 4.69) is 181 Å². The van der Waals surface area contributed by atoms with Crippen molar-refractivity contribution in [1.82, 2.24) is 4.98 Å². The summed E-state index contributed by atoms with van der Waals surface area (Å²) in [4.78, 5) is 14.3. The lowest BCUT2D eigenvalue weighted by Crippen LogP contribution is -2.24. The van der Waals surface area contributed by atoms with Crippen molar-refractivity contribution in [2.75, 3.05) is 21.4 Å². The smallest absolute Gasteiger partial charge is 0.137 e. The summed E-state index contributed by atoms with van der Waals surface area (Å²) in [6.07, 6.45) is 6.26. The minimum atomic E-state index is 0.000222. The molecule has 0 saturated carbocycles. The Labute approximate surface area is 281 Å². The van der Waals surface area contributed by atoms with Crippen LogP contribution in [0, 0.1) is 0 Å². The SMILES string of the molecule is CC(C)(C)c1ccnc(N2c3ccccc3-c3ccccc3-c3ccc(Sc4cccc(N5C=CN(c6ccccc6)C5)c4)cc32)c1. The van der Waals surface area contributed by atoms with Crippen molar-refractivity contribution in [3.05, 3.63) is 158 Å². The molecular weight excluding hydrogens is 593 g/mol. The molecule has 0 fully saturated rings. The van der Waals surface area contributed by atoms with E-state index in [1.807, 2.05) is 6.20 Å². The van der Waals surface area contributed by atoms with Crippen LogP contribution in [0.1, 0.15) is 26.3 Å². The number of fused-ring (bicyclic) bond motifs is 5. The van der Waals surface area contributed by atoms with Crippen LogP contribution in [0.25, 0.3) is 22.3 Å². The highest BCUT2D eigenvalue weighted by Gasteiger charge is 2.28. The predicted molar refractivity (Wildman–Crippen MR) is 198 cm³/mol.